The summed E-state index contributed by atoms with van der Waals surface area (Å²) in [6.45, 7) is 6.21. The summed E-state index contributed by atoms with van der Waals surface area (Å²) < 4.78 is 2.10. The molecule has 0 aliphatic carbocycles. The van der Waals surface area contributed by atoms with E-state index in [0.29, 0.717) is 6.04 Å². The van der Waals surface area contributed by atoms with Gasteiger partial charge in [0.25, 0.3) is 0 Å². The standard InChI is InChI=1S/C14H18N4/c1-10(2)18-11(3)16-17-14(18)9-6-12-4-7-13(15)8-5-12/h4-10H,15H2,1-3H3/b9-6+. The summed E-state index contributed by atoms with van der Waals surface area (Å²) in [6, 6.07) is 8.09. The molecule has 1 heterocycles. The Bertz CT molecular complexity index is 550. The second-order valence-corrected chi connectivity index (χ2v) is 4.57. The van der Waals surface area contributed by atoms with Gasteiger partial charge in [-0.05, 0) is 44.5 Å². The van der Waals surface area contributed by atoms with E-state index in [9.17, 15) is 0 Å². The molecular weight excluding hydrogens is 224 g/mol. The molecule has 2 N–H and O–H groups in total. The predicted molar refractivity (Wildman–Crippen MR) is 74.9 cm³/mol. The molecule has 0 amide bonds. The number of hydrogen-bond acceptors (Lipinski definition) is 3. The molecule has 2 aromatic rings. The molecule has 0 bridgehead atoms. The Morgan fingerprint density at radius 3 is 2.39 bits per heavy atom. The average molecular weight is 242 g/mol. The maximum Gasteiger partial charge on any atom is 0.156 e. The second kappa shape index (κ2) is 5.04. The zero-order valence-electron chi connectivity index (χ0n) is 11.0. The highest BCUT2D eigenvalue weighted by Crippen LogP contribution is 2.14. The van der Waals surface area contributed by atoms with Gasteiger partial charge in [-0.1, -0.05) is 18.2 Å². The minimum atomic E-state index is 0.353. The van der Waals surface area contributed by atoms with E-state index >= 15 is 0 Å². The third-order valence-corrected chi connectivity index (χ3v) is 2.77. The van der Waals surface area contributed by atoms with Crippen LogP contribution in [0.2, 0.25) is 0 Å². The highest BCUT2D eigenvalue weighted by molar-refractivity contribution is 5.67. The first-order chi connectivity index (χ1) is 8.58. The van der Waals surface area contributed by atoms with Crippen molar-refractivity contribution in [1.29, 1.82) is 0 Å². The molecule has 4 heteroatoms. The summed E-state index contributed by atoms with van der Waals surface area (Å²) in [5.74, 6) is 1.81. The molecule has 0 saturated carbocycles. The maximum atomic E-state index is 5.65. The molecule has 2 rings (SSSR count). The van der Waals surface area contributed by atoms with E-state index < -0.39 is 0 Å². The number of nitrogens with two attached hydrogens (primary N) is 1. The van der Waals surface area contributed by atoms with Crippen molar-refractivity contribution >= 4 is 17.8 Å². The van der Waals surface area contributed by atoms with Crippen molar-refractivity contribution in [3.05, 3.63) is 41.5 Å². The highest BCUT2D eigenvalue weighted by atomic mass is 15.3. The molecule has 0 saturated heterocycles. The van der Waals surface area contributed by atoms with Gasteiger partial charge in [0, 0.05) is 11.7 Å². The number of aryl methyl sites for hydroxylation is 1. The summed E-state index contributed by atoms with van der Waals surface area (Å²) in [5.41, 5.74) is 7.52. The van der Waals surface area contributed by atoms with Gasteiger partial charge in [-0.15, -0.1) is 10.2 Å². The van der Waals surface area contributed by atoms with Crippen LogP contribution in [0.4, 0.5) is 5.69 Å². The van der Waals surface area contributed by atoms with Crippen molar-refractivity contribution in [2.75, 3.05) is 5.73 Å². The van der Waals surface area contributed by atoms with Crippen molar-refractivity contribution < 1.29 is 0 Å². The van der Waals surface area contributed by atoms with Crippen LogP contribution in [0.1, 0.15) is 37.1 Å². The van der Waals surface area contributed by atoms with Crippen molar-refractivity contribution in [3.63, 3.8) is 0 Å². The quantitative estimate of drug-likeness (QED) is 0.842. The van der Waals surface area contributed by atoms with Crippen LogP contribution < -0.4 is 5.73 Å². The Hall–Kier alpha value is -2.10. The third kappa shape index (κ3) is 2.59. The predicted octanol–water partition coefficient (Wildman–Crippen LogP) is 2.92. The van der Waals surface area contributed by atoms with E-state index in [4.69, 9.17) is 5.73 Å². The zero-order valence-corrected chi connectivity index (χ0v) is 11.0. The fraction of sp³-hybridized carbons (Fsp3) is 0.286. The summed E-state index contributed by atoms with van der Waals surface area (Å²) in [5, 5.41) is 8.28. The largest absolute Gasteiger partial charge is 0.399 e. The minimum absolute atomic E-state index is 0.353. The van der Waals surface area contributed by atoms with E-state index in [-0.39, 0.29) is 0 Å². The topological polar surface area (TPSA) is 56.7 Å². The Morgan fingerprint density at radius 2 is 1.78 bits per heavy atom. The van der Waals surface area contributed by atoms with E-state index in [1.807, 2.05) is 43.3 Å². The molecule has 0 unspecified atom stereocenters. The fourth-order valence-electron chi connectivity index (χ4n) is 1.92. The average Bonchev–Trinajstić information content (AvgIpc) is 2.70. The molecule has 1 aromatic heterocycles. The number of anilines is 1. The Balaban J connectivity index is 2.26. The van der Waals surface area contributed by atoms with Crippen molar-refractivity contribution in [2.45, 2.75) is 26.8 Å². The lowest BCUT2D eigenvalue weighted by molar-refractivity contribution is 0.577. The fourth-order valence-corrected chi connectivity index (χ4v) is 1.92. The molecule has 0 atom stereocenters. The number of nitrogen functional groups attached to an aromatic ring is 1. The van der Waals surface area contributed by atoms with Crippen LogP contribution in [0.3, 0.4) is 0 Å². The van der Waals surface area contributed by atoms with Crippen LogP contribution in [0.25, 0.3) is 12.2 Å². The Morgan fingerprint density at radius 1 is 1.11 bits per heavy atom. The Kier molecular flexibility index (Phi) is 3.46. The van der Waals surface area contributed by atoms with Crippen LogP contribution >= 0.6 is 0 Å². The number of hydrogen-bond donors (Lipinski definition) is 1. The number of rotatable bonds is 3. The summed E-state index contributed by atoms with van der Waals surface area (Å²) in [4.78, 5) is 0. The maximum absolute atomic E-state index is 5.65. The van der Waals surface area contributed by atoms with Gasteiger partial charge in [0.2, 0.25) is 0 Å². The summed E-state index contributed by atoms with van der Waals surface area (Å²) in [7, 11) is 0. The number of nitrogens with zero attached hydrogens (tertiary/aromatic N) is 3. The lowest BCUT2D eigenvalue weighted by Gasteiger charge is -2.09. The highest BCUT2D eigenvalue weighted by Gasteiger charge is 2.08. The minimum Gasteiger partial charge on any atom is -0.399 e. The van der Waals surface area contributed by atoms with Crippen LogP contribution in [-0.4, -0.2) is 14.8 Å². The molecule has 0 radical (unpaired) electrons. The molecule has 0 fully saturated rings. The summed E-state index contributed by atoms with van der Waals surface area (Å²) >= 11 is 0. The lowest BCUT2D eigenvalue weighted by atomic mass is 10.2. The van der Waals surface area contributed by atoms with Gasteiger partial charge in [0.1, 0.15) is 5.82 Å². The molecular formula is C14H18N4. The van der Waals surface area contributed by atoms with Crippen molar-refractivity contribution in [1.82, 2.24) is 14.8 Å². The van der Waals surface area contributed by atoms with Gasteiger partial charge in [0.15, 0.2) is 5.82 Å². The third-order valence-electron chi connectivity index (χ3n) is 2.77. The van der Waals surface area contributed by atoms with Gasteiger partial charge in [-0.2, -0.15) is 0 Å². The SMILES string of the molecule is Cc1nnc(/C=C/c2ccc(N)cc2)n1C(C)C. The molecule has 0 aliphatic heterocycles. The van der Waals surface area contributed by atoms with E-state index in [1.54, 1.807) is 0 Å². The van der Waals surface area contributed by atoms with E-state index in [2.05, 4.69) is 28.6 Å². The van der Waals surface area contributed by atoms with Gasteiger partial charge < -0.3 is 10.3 Å². The van der Waals surface area contributed by atoms with E-state index in [1.165, 1.54) is 0 Å². The summed E-state index contributed by atoms with van der Waals surface area (Å²) in [6.07, 6.45) is 3.99. The lowest BCUT2D eigenvalue weighted by Crippen LogP contribution is -2.05. The molecule has 4 nitrogen and oxygen atoms in total. The molecule has 18 heavy (non-hydrogen) atoms. The van der Waals surface area contributed by atoms with E-state index in [0.717, 1.165) is 22.9 Å². The van der Waals surface area contributed by atoms with Crippen LogP contribution in [-0.2, 0) is 0 Å². The monoisotopic (exact) mass is 242 g/mol. The molecule has 0 aliphatic rings. The van der Waals surface area contributed by atoms with Crippen molar-refractivity contribution in [2.24, 2.45) is 0 Å². The van der Waals surface area contributed by atoms with Gasteiger partial charge >= 0.3 is 0 Å². The van der Waals surface area contributed by atoms with Gasteiger partial charge in [0.05, 0.1) is 0 Å². The number of benzene rings is 1. The molecule has 1 aromatic carbocycles. The zero-order chi connectivity index (χ0) is 13.1. The van der Waals surface area contributed by atoms with Crippen LogP contribution in [0.5, 0.6) is 0 Å². The number of aromatic nitrogens is 3. The second-order valence-electron chi connectivity index (χ2n) is 4.57. The normalized spacial score (nSPS) is 11.6. The van der Waals surface area contributed by atoms with Gasteiger partial charge in [-0.25, -0.2) is 0 Å². The first-order valence-corrected chi connectivity index (χ1v) is 6.03. The first kappa shape index (κ1) is 12.4. The molecule has 94 valence electrons. The van der Waals surface area contributed by atoms with Crippen LogP contribution in [0.15, 0.2) is 24.3 Å². The Labute approximate surface area is 107 Å². The van der Waals surface area contributed by atoms with Crippen molar-refractivity contribution in [3.8, 4) is 0 Å². The smallest absolute Gasteiger partial charge is 0.156 e. The molecule has 0 spiro atoms. The first-order valence-electron chi connectivity index (χ1n) is 6.03. The van der Waals surface area contributed by atoms with Crippen LogP contribution in [0, 0.1) is 6.92 Å². The van der Waals surface area contributed by atoms with Gasteiger partial charge in [-0.3, -0.25) is 0 Å².